The largest absolute Gasteiger partial charge is 0.348 e. The standard InChI is InChI=1S/C25H26N4O2/c1-3-24(30)26-21-6-4-5-18(15-21)19-8-7-17-9-10-22(28-23(17)16-19)25(31)27-20-11-13-29(2)14-12-20/h3-10,15-16,20H,1,11-14H2,2H3,(H,26,30)(H,27,31). The zero-order valence-corrected chi connectivity index (χ0v) is 17.6. The fraction of sp³-hybridized carbons (Fsp3) is 0.240. The summed E-state index contributed by atoms with van der Waals surface area (Å²) in [7, 11) is 2.10. The molecule has 2 N–H and O–H groups in total. The normalized spacial score (nSPS) is 14.9. The van der Waals surface area contributed by atoms with E-state index in [1.807, 2.05) is 48.5 Å². The summed E-state index contributed by atoms with van der Waals surface area (Å²) < 4.78 is 0. The van der Waals surface area contributed by atoms with Crippen LogP contribution < -0.4 is 10.6 Å². The summed E-state index contributed by atoms with van der Waals surface area (Å²) in [5.74, 6) is -0.381. The maximum absolute atomic E-state index is 12.7. The smallest absolute Gasteiger partial charge is 0.270 e. The number of nitrogens with zero attached hydrogens (tertiary/aromatic N) is 2. The lowest BCUT2D eigenvalue weighted by Gasteiger charge is -2.29. The molecule has 2 amide bonds. The Kier molecular flexibility index (Phi) is 6.09. The van der Waals surface area contributed by atoms with E-state index >= 15 is 0 Å². The minimum atomic E-state index is -0.252. The van der Waals surface area contributed by atoms with Crippen LogP contribution in [-0.4, -0.2) is 47.9 Å². The Hall–Kier alpha value is -3.51. The van der Waals surface area contributed by atoms with E-state index in [-0.39, 0.29) is 17.9 Å². The van der Waals surface area contributed by atoms with Crippen LogP contribution in [0.2, 0.25) is 0 Å². The summed E-state index contributed by atoms with van der Waals surface area (Å²) in [6, 6.07) is 17.5. The Bertz CT molecular complexity index is 1130. The maximum atomic E-state index is 12.7. The summed E-state index contributed by atoms with van der Waals surface area (Å²) >= 11 is 0. The minimum absolute atomic E-state index is 0.129. The molecule has 0 radical (unpaired) electrons. The first kappa shape index (κ1) is 20.8. The van der Waals surface area contributed by atoms with Gasteiger partial charge in [-0.15, -0.1) is 0 Å². The average molecular weight is 415 g/mol. The van der Waals surface area contributed by atoms with E-state index in [0.29, 0.717) is 11.4 Å². The SMILES string of the molecule is C=CC(=O)Nc1cccc(-c2ccc3ccc(C(=O)NC4CCN(C)CC4)nc3c2)c1. The molecule has 158 valence electrons. The quantitative estimate of drug-likeness (QED) is 0.622. The number of aromatic nitrogens is 1. The van der Waals surface area contributed by atoms with Gasteiger partial charge in [0.05, 0.1) is 5.52 Å². The number of hydrogen-bond acceptors (Lipinski definition) is 4. The summed E-state index contributed by atoms with van der Waals surface area (Å²) in [6.07, 6.45) is 3.15. The minimum Gasteiger partial charge on any atom is -0.348 e. The van der Waals surface area contributed by atoms with Gasteiger partial charge in [-0.1, -0.05) is 36.9 Å². The molecule has 6 heteroatoms. The zero-order valence-electron chi connectivity index (χ0n) is 17.6. The van der Waals surface area contributed by atoms with Crippen molar-refractivity contribution in [3.05, 3.63) is 72.9 Å². The number of benzene rings is 2. The number of carbonyl (C=O) groups excluding carboxylic acids is 2. The highest BCUT2D eigenvalue weighted by Gasteiger charge is 2.19. The van der Waals surface area contributed by atoms with E-state index in [1.54, 1.807) is 6.07 Å². The third kappa shape index (κ3) is 4.98. The van der Waals surface area contributed by atoms with E-state index in [0.717, 1.165) is 48.0 Å². The Morgan fingerprint density at radius 1 is 1.06 bits per heavy atom. The lowest BCUT2D eigenvalue weighted by molar-refractivity contribution is -0.111. The number of nitrogens with one attached hydrogen (secondary N) is 2. The van der Waals surface area contributed by atoms with Gasteiger partial charge in [0.1, 0.15) is 5.69 Å². The molecule has 2 aromatic carbocycles. The van der Waals surface area contributed by atoms with Crippen molar-refractivity contribution in [1.29, 1.82) is 0 Å². The van der Waals surface area contributed by atoms with Gasteiger partial charge in [0.25, 0.3) is 5.91 Å². The van der Waals surface area contributed by atoms with Gasteiger partial charge < -0.3 is 15.5 Å². The second-order valence-electron chi connectivity index (χ2n) is 7.93. The number of carbonyl (C=O) groups is 2. The lowest BCUT2D eigenvalue weighted by atomic mass is 10.0. The highest BCUT2D eigenvalue weighted by atomic mass is 16.2. The molecule has 0 saturated carbocycles. The monoisotopic (exact) mass is 414 g/mol. The third-order valence-electron chi connectivity index (χ3n) is 5.63. The Labute approximate surface area is 182 Å². The first-order valence-corrected chi connectivity index (χ1v) is 10.5. The number of piperidine rings is 1. The molecule has 0 aliphatic carbocycles. The Morgan fingerprint density at radius 2 is 1.81 bits per heavy atom. The van der Waals surface area contributed by atoms with Crippen LogP contribution in [0.4, 0.5) is 5.69 Å². The number of likely N-dealkylation sites (tertiary alicyclic amines) is 1. The Morgan fingerprint density at radius 3 is 2.58 bits per heavy atom. The van der Waals surface area contributed by atoms with Crippen LogP contribution >= 0.6 is 0 Å². The molecule has 1 aromatic heterocycles. The first-order valence-electron chi connectivity index (χ1n) is 10.5. The zero-order chi connectivity index (χ0) is 21.8. The molecule has 0 atom stereocenters. The maximum Gasteiger partial charge on any atom is 0.270 e. The van der Waals surface area contributed by atoms with Crippen LogP contribution in [0.15, 0.2) is 67.3 Å². The second-order valence-corrected chi connectivity index (χ2v) is 7.93. The van der Waals surface area contributed by atoms with Gasteiger partial charge in [-0.3, -0.25) is 9.59 Å². The van der Waals surface area contributed by atoms with Crippen LogP contribution in [-0.2, 0) is 4.79 Å². The molecule has 3 aromatic rings. The molecule has 1 saturated heterocycles. The molecular formula is C25H26N4O2. The van der Waals surface area contributed by atoms with Crippen molar-refractivity contribution in [2.45, 2.75) is 18.9 Å². The number of anilines is 1. The van der Waals surface area contributed by atoms with Crippen molar-refractivity contribution in [3.8, 4) is 11.1 Å². The van der Waals surface area contributed by atoms with Crippen molar-refractivity contribution in [1.82, 2.24) is 15.2 Å². The summed E-state index contributed by atoms with van der Waals surface area (Å²) in [4.78, 5) is 31.2. The highest BCUT2D eigenvalue weighted by molar-refractivity contribution is 5.99. The van der Waals surface area contributed by atoms with E-state index < -0.39 is 0 Å². The number of amides is 2. The molecule has 1 aliphatic rings. The predicted molar refractivity (Wildman–Crippen MR) is 124 cm³/mol. The van der Waals surface area contributed by atoms with Crippen molar-refractivity contribution in [2.75, 3.05) is 25.5 Å². The van der Waals surface area contributed by atoms with Gasteiger partial charge in [-0.2, -0.15) is 0 Å². The lowest BCUT2D eigenvalue weighted by Crippen LogP contribution is -2.43. The van der Waals surface area contributed by atoms with E-state index in [1.165, 1.54) is 6.08 Å². The van der Waals surface area contributed by atoms with Gasteiger partial charge in [0.15, 0.2) is 0 Å². The molecule has 4 rings (SSSR count). The van der Waals surface area contributed by atoms with Gasteiger partial charge in [-0.25, -0.2) is 4.98 Å². The van der Waals surface area contributed by atoms with Gasteiger partial charge in [0, 0.05) is 17.1 Å². The molecular weight excluding hydrogens is 388 g/mol. The molecule has 2 heterocycles. The topological polar surface area (TPSA) is 74.3 Å². The van der Waals surface area contributed by atoms with E-state index in [9.17, 15) is 9.59 Å². The van der Waals surface area contributed by atoms with Crippen molar-refractivity contribution < 1.29 is 9.59 Å². The molecule has 1 aliphatic heterocycles. The molecule has 6 nitrogen and oxygen atoms in total. The molecule has 0 unspecified atom stereocenters. The summed E-state index contributed by atoms with van der Waals surface area (Å²) in [5.41, 5.74) is 3.79. The van der Waals surface area contributed by atoms with Crippen LogP contribution in [0, 0.1) is 0 Å². The number of fused-ring (bicyclic) bond motifs is 1. The number of rotatable bonds is 5. The second kappa shape index (κ2) is 9.10. The molecule has 1 fully saturated rings. The van der Waals surface area contributed by atoms with E-state index in [4.69, 9.17) is 0 Å². The average Bonchev–Trinajstić information content (AvgIpc) is 2.80. The van der Waals surface area contributed by atoms with Crippen LogP contribution in [0.3, 0.4) is 0 Å². The number of pyridine rings is 1. The Balaban J connectivity index is 1.56. The molecule has 0 bridgehead atoms. The summed E-state index contributed by atoms with van der Waals surface area (Å²) in [5, 5.41) is 6.87. The first-order chi connectivity index (χ1) is 15.0. The van der Waals surface area contributed by atoms with Crippen molar-refractivity contribution in [3.63, 3.8) is 0 Å². The van der Waals surface area contributed by atoms with Gasteiger partial charge in [-0.05, 0) is 74.4 Å². The summed E-state index contributed by atoms with van der Waals surface area (Å²) in [6.45, 7) is 5.46. The predicted octanol–water partition coefficient (Wildman–Crippen LogP) is 3.85. The van der Waals surface area contributed by atoms with Crippen molar-refractivity contribution >= 4 is 28.4 Å². The van der Waals surface area contributed by atoms with E-state index in [2.05, 4.69) is 34.1 Å². The third-order valence-corrected chi connectivity index (χ3v) is 5.63. The van der Waals surface area contributed by atoms with Crippen LogP contribution in [0.25, 0.3) is 22.0 Å². The molecule has 31 heavy (non-hydrogen) atoms. The number of hydrogen-bond donors (Lipinski definition) is 2. The fourth-order valence-electron chi connectivity index (χ4n) is 3.81. The fourth-order valence-corrected chi connectivity index (χ4v) is 3.81. The molecule has 0 spiro atoms. The van der Waals surface area contributed by atoms with Crippen LogP contribution in [0.5, 0.6) is 0 Å². The van der Waals surface area contributed by atoms with Gasteiger partial charge >= 0.3 is 0 Å². The van der Waals surface area contributed by atoms with Crippen LogP contribution in [0.1, 0.15) is 23.3 Å². The highest BCUT2D eigenvalue weighted by Crippen LogP contribution is 2.26. The van der Waals surface area contributed by atoms with Gasteiger partial charge in [0.2, 0.25) is 5.91 Å². The van der Waals surface area contributed by atoms with Crippen molar-refractivity contribution in [2.24, 2.45) is 0 Å².